The van der Waals surface area contributed by atoms with Crippen molar-refractivity contribution >= 4 is 21.5 Å². The molecule has 3 rings (SSSR count). The minimum Gasteiger partial charge on any atom is -1.00 e. The third-order valence-electron chi connectivity index (χ3n) is 2.52. The van der Waals surface area contributed by atoms with E-state index in [-0.39, 0.29) is 93.6 Å². The Morgan fingerprint density at radius 2 is 0.941 bits per heavy atom. The first-order valence-electron chi connectivity index (χ1n) is 4.48. The SMILES string of the molecule is [I-].[I-].[I-].[Ti+4].c1ccc2c(c1)[cH-]c1ccccc12. The van der Waals surface area contributed by atoms with E-state index in [1.165, 1.54) is 21.5 Å². The molecule has 0 saturated heterocycles. The average Bonchev–Trinajstić information content (AvgIpc) is 2.56. The molecule has 0 aliphatic rings. The van der Waals surface area contributed by atoms with E-state index in [9.17, 15) is 0 Å². The van der Waals surface area contributed by atoms with Crippen molar-refractivity contribution in [2.45, 2.75) is 0 Å². The van der Waals surface area contributed by atoms with Crippen molar-refractivity contribution in [1.29, 1.82) is 0 Å². The second-order valence-corrected chi connectivity index (χ2v) is 3.32. The molecule has 0 aliphatic carbocycles. The van der Waals surface area contributed by atoms with Gasteiger partial charge in [-0.25, -0.2) is 0 Å². The van der Waals surface area contributed by atoms with Crippen LogP contribution in [0.4, 0.5) is 0 Å². The molecule has 0 saturated carbocycles. The molecule has 0 nitrogen and oxygen atoms in total. The molecule has 0 heterocycles. The molecular formula is C13H9I3Ti. The molecule has 0 fully saturated rings. The smallest absolute Gasteiger partial charge is 1.00 e. The predicted octanol–water partition coefficient (Wildman–Crippen LogP) is -5.28. The topological polar surface area (TPSA) is 0 Å². The molecule has 86 valence electrons. The van der Waals surface area contributed by atoms with Crippen molar-refractivity contribution in [2.75, 3.05) is 0 Å². The van der Waals surface area contributed by atoms with Crippen LogP contribution in [0.1, 0.15) is 0 Å². The van der Waals surface area contributed by atoms with Gasteiger partial charge in [0.1, 0.15) is 0 Å². The summed E-state index contributed by atoms with van der Waals surface area (Å²) in [5.41, 5.74) is 0. The van der Waals surface area contributed by atoms with Gasteiger partial charge in [-0.15, -0.1) is 39.7 Å². The summed E-state index contributed by atoms with van der Waals surface area (Å²) in [4.78, 5) is 0. The molecular weight excluding hydrogens is 585 g/mol. The molecule has 4 heteroatoms. The summed E-state index contributed by atoms with van der Waals surface area (Å²) in [6.45, 7) is 0. The summed E-state index contributed by atoms with van der Waals surface area (Å²) < 4.78 is 0. The summed E-state index contributed by atoms with van der Waals surface area (Å²) in [6, 6.07) is 19.3. The van der Waals surface area contributed by atoms with E-state index >= 15 is 0 Å². The Balaban J connectivity index is 0. The molecule has 0 bridgehead atoms. The summed E-state index contributed by atoms with van der Waals surface area (Å²) in [5, 5.41) is 5.39. The van der Waals surface area contributed by atoms with E-state index in [1.807, 2.05) is 0 Å². The summed E-state index contributed by atoms with van der Waals surface area (Å²) >= 11 is 0. The Morgan fingerprint density at radius 3 is 1.35 bits per heavy atom. The van der Waals surface area contributed by atoms with Crippen LogP contribution in [0.2, 0.25) is 0 Å². The Labute approximate surface area is 167 Å². The van der Waals surface area contributed by atoms with Crippen molar-refractivity contribution < 1.29 is 93.6 Å². The molecule has 0 atom stereocenters. The van der Waals surface area contributed by atoms with Crippen LogP contribution in [-0.2, 0) is 21.7 Å². The first-order chi connectivity index (χ1) is 6.45. The quantitative estimate of drug-likeness (QED) is 0.139. The van der Waals surface area contributed by atoms with E-state index in [0.717, 1.165) is 0 Å². The number of hydrogen-bond acceptors (Lipinski definition) is 0. The van der Waals surface area contributed by atoms with Gasteiger partial charge in [0, 0.05) is 0 Å². The maximum absolute atomic E-state index is 2.24. The summed E-state index contributed by atoms with van der Waals surface area (Å²) in [5.74, 6) is 0. The van der Waals surface area contributed by atoms with Crippen LogP contribution < -0.4 is 71.9 Å². The van der Waals surface area contributed by atoms with Gasteiger partial charge in [-0.3, -0.25) is 0 Å². The van der Waals surface area contributed by atoms with Gasteiger partial charge in [0.2, 0.25) is 0 Å². The van der Waals surface area contributed by atoms with Crippen LogP contribution in [-0.4, -0.2) is 0 Å². The van der Waals surface area contributed by atoms with Gasteiger partial charge < -0.3 is 71.9 Å². The molecule has 0 amide bonds. The van der Waals surface area contributed by atoms with Gasteiger partial charge in [-0.2, -0.15) is 0 Å². The fourth-order valence-corrected chi connectivity index (χ4v) is 1.90. The minimum atomic E-state index is 0. The molecule has 0 unspecified atom stereocenters. The van der Waals surface area contributed by atoms with Crippen molar-refractivity contribution in [3.63, 3.8) is 0 Å². The maximum atomic E-state index is 2.24. The largest absolute Gasteiger partial charge is 4.00 e. The fraction of sp³-hybridized carbons (Fsp3) is 0. The van der Waals surface area contributed by atoms with Crippen LogP contribution in [0, 0.1) is 0 Å². The Morgan fingerprint density at radius 1 is 0.588 bits per heavy atom. The molecule has 3 aromatic carbocycles. The molecule has 0 aromatic heterocycles. The number of halogens is 3. The Kier molecular flexibility index (Phi) is 11.1. The van der Waals surface area contributed by atoms with E-state index in [0.29, 0.717) is 0 Å². The van der Waals surface area contributed by atoms with Crippen LogP contribution in [0.3, 0.4) is 0 Å². The second kappa shape index (κ2) is 9.17. The molecule has 0 radical (unpaired) electrons. The Hall–Kier alpha value is 1.21. The predicted molar refractivity (Wildman–Crippen MR) is 57.0 cm³/mol. The number of fused-ring (bicyclic) bond motifs is 3. The number of rotatable bonds is 0. The summed E-state index contributed by atoms with van der Waals surface area (Å²) in [7, 11) is 0. The van der Waals surface area contributed by atoms with Crippen molar-refractivity contribution in [3.8, 4) is 0 Å². The number of hydrogen-bond donors (Lipinski definition) is 0. The van der Waals surface area contributed by atoms with Crippen LogP contribution in [0.5, 0.6) is 0 Å². The van der Waals surface area contributed by atoms with Crippen LogP contribution >= 0.6 is 0 Å². The van der Waals surface area contributed by atoms with Gasteiger partial charge in [-0.05, 0) is 0 Å². The third kappa shape index (κ3) is 4.09. The van der Waals surface area contributed by atoms with Crippen LogP contribution in [0.15, 0.2) is 54.6 Å². The van der Waals surface area contributed by atoms with Crippen molar-refractivity contribution in [3.05, 3.63) is 54.6 Å². The summed E-state index contributed by atoms with van der Waals surface area (Å²) in [6.07, 6.45) is 0. The molecule has 3 aromatic rings. The standard InChI is InChI=1S/C13H9.3HI.Ti/c1-3-7-12-10(5-1)9-11-6-2-4-8-13(11)12;;;;/h1-9H;3*1H;/q-1;;;;+4/p-3. The molecule has 0 spiro atoms. The first kappa shape index (κ1) is 20.5. The maximum Gasteiger partial charge on any atom is 4.00 e. The molecule has 0 N–H and O–H groups in total. The van der Waals surface area contributed by atoms with E-state index in [2.05, 4.69) is 54.6 Å². The van der Waals surface area contributed by atoms with Crippen molar-refractivity contribution in [1.82, 2.24) is 0 Å². The van der Waals surface area contributed by atoms with E-state index < -0.39 is 0 Å². The first-order valence-corrected chi connectivity index (χ1v) is 4.48. The minimum absolute atomic E-state index is 0. The van der Waals surface area contributed by atoms with E-state index in [1.54, 1.807) is 0 Å². The Bertz CT molecular complexity index is 524. The molecule has 17 heavy (non-hydrogen) atoms. The van der Waals surface area contributed by atoms with Crippen LogP contribution in [0.25, 0.3) is 21.5 Å². The average molecular weight is 594 g/mol. The van der Waals surface area contributed by atoms with Gasteiger partial charge >= 0.3 is 21.7 Å². The molecule has 0 aliphatic heterocycles. The monoisotopic (exact) mass is 594 g/mol. The number of benzene rings is 2. The van der Waals surface area contributed by atoms with E-state index in [4.69, 9.17) is 0 Å². The van der Waals surface area contributed by atoms with Gasteiger partial charge in [-0.1, -0.05) is 36.4 Å². The van der Waals surface area contributed by atoms with Crippen molar-refractivity contribution in [2.24, 2.45) is 0 Å². The zero-order valence-electron chi connectivity index (χ0n) is 8.83. The zero-order valence-corrected chi connectivity index (χ0v) is 16.9. The fourth-order valence-electron chi connectivity index (χ4n) is 1.90. The zero-order chi connectivity index (χ0) is 8.67. The van der Waals surface area contributed by atoms with Gasteiger partial charge in [0.25, 0.3) is 0 Å². The third-order valence-corrected chi connectivity index (χ3v) is 2.52. The normalized spacial score (nSPS) is 8.47. The second-order valence-electron chi connectivity index (χ2n) is 3.32. The van der Waals surface area contributed by atoms with Gasteiger partial charge in [0.15, 0.2) is 0 Å². The van der Waals surface area contributed by atoms with Gasteiger partial charge in [0.05, 0.1) is 0 Å².